The summed E-state index contributed by atoms with van der Waals surface area (Å²) in [6.07, 6.45) is 3.31. The van der Waals surface area contributed by atoms with Crippen molar-refractivity contribution >= 4 is 11.3 Å². The normalized spacial score (nSPS) is 10.8. The fraction of sp³-hybridized carbons (Fsp3) is 0.0714. The highest BCUT2D eigenvalue weighted by Crippen LogP contribution is 2.23. The number of imidazole rings is 1. The van der Waals surface area contributed by atoms with Gasteiger partial charge in [-0.1, -0.05) is 30.3 Å². The van der Waals surface area contributed by atoms with Gasteiger partial charge < -0.3 is 0 Å². The first-order valence-corrected chi connectivity index (χ1v) is 5.84. The topological polar surface area (TPSA) is 60.4 Å². The zero-order valence-electron chi connectivity index (χ0n) is 10.3. The largest absolute Gasteiger partial charge is 0.300 e. The molecule has 0 atom stereocenters. The van der Waals surface area contributed by atoms with E-state index in [1.807, 2.05) is 30.3 Å². The summed E-state index contributed by atoms with van der Waals surface area (Å²) in [5, 5.41) is 10.9. The summed E-state index contributed by atoms with van der Waals surface area (Å²) in [4.78, 5) is 15.0. The molecule has 0 unspecified atom stereocenters. The van der Waals surface area contributed by atoms with Gasteiger partial charge in [0.15, 0.2) is 0 Å². The molecular weight excluding hydrogens is 242 g/mol. The van der Waals surface area contributed by atoms with Crippen molar-refractivity contribution in [3.8, 4) is 11.3 Å². The van der Waals surface area contributed by atoms with Crippen LogP contribution in [0.15, 0.2) is 48.8 Å². The number of hydrogen-bond acceptors (Lipinski definition) is 3. The van der Waals surface area contributed by atoms with Crippen LogP contribution >= 0.6 is 0 Å². The fourth-order valence-corrected chi connectivity index (χ4v) is 2.06. The number of aryl methyl sites for hydroxylation is 1. The molecule has 1 aromatic carbocycles. The lowest BCUT2D eigenvalue weighted by molar-refractivity contribution is -0.385. The van der Waals surface area contributed by atoms with E-state index in [2.05, 4.69) is 4.98 Å². The summed E-state index contributed by atoms with van der Waals surface area (Å²) < 4.78 is 1.69. The lowest BCUT2D eigenvalue weighted by Gasteiger charge is -1.97. The highest BCUT2D eigenvalue weighted by Gasteiger charge is 2.13. The minimum absolute atomic E-state index is 0.101. The molecule has 0 saturated heterocycles. The zero-order chi connectivity index (χ0) is 13.4. The molecule has 0 saturated carbocycles. The monoisotopic (exact) mass is 253 g/mol. The van der Waals surface area contributed by atoms with Crippen LogP contribution in [0.4, 0.5) is 5.69 Å². The van der Waals surface area contributed by atoms with E-state index in [0.717, 1.165) is 11.3 Å². The molecule has 0 aliphatic rings. The highest BCUT2D eigenvalue weighted by molar-refractivity contribution is 5.63. The predicted molar refractivity (Wildman–Crippen MR) is 72.0 cm³/mol. The second kappa shape index (κ2) is 4.20. The van der Waals surface area contributed by atoms with Crippen molar-refractivity contribution in [3.05, 3.63) is 64.5 Å². The Kier molecular flexibility index (Phi) is 2.52. The van der Waals surface area contributed by atoms with Gasteiger partial charge in [0.25, 0.3) is 5.69 Å². The van der Waals surface area contributed by atoms with Crippen LogP contribution in [0, 0.1) is 17.0 Å². The molecule has 19 heavy (non-hydrogen) atoms. The average Bonchev–Trinajstić information content (AvgIpc) is 2.81. The molecule has 2 aromatic heterocycles. The maximum absolute atomic E-state index is 10.9. The molecule has 94 valence electrons. The fourth-order valence-electron chi connectivity index (χ4n) is 2.06. The molecule has 0 N–H and O–H groups in total. The van der Waals surface area contributed by atoms with Gasteiger partial charge in [-0.25, -0.2) is 4.98 Å². The minimum Gasteiger partial charge on any atom is -0.300 e. The molecule has 0 radical (unpaired) electrons. The third-order valence-electron chi connectivity index (χ3n) is 3.04. The Morgan fingerprint density at radius 2 is 1.95 bits per heavy atom. The maximum atomic E-state index is 10.9. The van der Waals surface area contributed by atoms with Gasteiger partial charge in [0, 0.05) is 17.3 Å². The Bertz CT molecular complexity index is 763. The summed E-state index contributed by atoms with van der Waals surface area (Å²) in [7, 11) is 0. The molecule has 3 rings (SSSR count). The molecular formula is C14H11N3O2. The van der Waals surface area contributed by atoms with Gasteiger partial charge >= 0.3 is 0 Å². The molecule has 5 heteroatoms. The lowest BCUT2D eigenvalue weighted by Crippen LogP contribution is -1.94. The maximum Gasteiger partial charge on any atom is 0.288 e. The summed E-state index contributed by atoms with van der Waals surface area (Å²) in [6.45, 7) is 1.72. The Labute approximate surface area is 109 Å². The van der Waals surface area contributed by atoms with E-state index in [-0.39, 0.29) is 10.6 Å². The molecule has 5 nitrogen and oxygen atoms in total. The quantitative estimate of drug-likeness (QED) is 0.520. The van der Waals surface area contributed by atoms with Crippen LogP contribution in [0.1, 0.15) is 5.56 Å². The number of nitrogens with zero attached hydrogens (tertiary/aromatic N) is 3. The predicted octanol–water partition coefficient (Wildman–Crippen LogP) is 3.22. The van der Waals surface area contributed by atoms with Gasteiger partial charge in [-0.3, -0.25) is 14.5 Å². The number of fused-ring (bicyclic) bond motifs is 1. The van der Waals surface area contributed by atoms with Crippen LogP contribution in [0.3, 0.4) is 0 Å². The number of pyridine rings is 1. The van der Waals surface area contributed by atoms with E-state index in [4.69, 9.17) is 0 Å². The first-order chi connectivity index (χ1) is 9.15. The first-order valence-electron chi connectivity index (χ1n) is 5.84. The Balaban J connectivity index is 2.19. The van der Waals surface area contributed by atoms with Crippen molar-refractivity contribution in [2.75, 3.05) is 0 Å². The lowest BCUT2D eigenvalue weighted by atomic mass is 10.2. The molecule has 0 aliphatic carbocycles. The molecule has 2 heterocycles. The molecule has 3 aromatic rings. The second-order valence-electron chi connectivity index (χ2n) is 4.36. The number of hydrogen-bond donors (Lipinski definition) is 0. The number of benzene rings is 1. The van der Waals surface area contributed by atoms with Crippen molar-refractivity contribution in [2.24, 2.45) is 0 Å². The second-order valence-corrected chi connectivity index (χ2v) is 4.36. The van der Waals surface area contributed by atoms with E-state index < -0.39 is 0 Å². The zero-order valence-corrected chi connectivity index (χ0v) is 10.3. The SMILES string of the molecule is Cc1cc2nc(-c3ccccc3)cn2cc1[N+](=O)[O-]. The van der Waals surface area contributed by atoms with E-state index >= 15 is 0 Å². The Morgan fingerprint density at radius 3 is 2.63 bits per heavy atom. The van der Waals surface area contributed by atoms with E-state index in [0.29, 0.717) is 11.2 Å². The minimum atomic E-state index is -0.378. The van der Waals surface area contributed by atoms with Crippen LogP contribution in [-0.2, 0) is 0 Å². The van der Waals surface area contributed by atoms with Crippen LogP contribution < -0.4 is 0 Å². The van der Waals surface area contributed by atoms with Crippen LogP contribution in [0.25, 0.3) is 16.9 Å². The number of nitro groups is 1. The summed E-state index contributed by atoms with van der Waals surface area (Å²) in [5.41, 5.74) is 3.22. The van der Waals surface area contributed by atoms with Gasteiger partial charge in [0.1, 0.15) is 5.65 Å². The van der Waals surface area contributed by atoms with Gasteiger partial charge in [0.2, 0.25) is 0 Å². The van der Waals surface area contributed by atoms with Crippen LogP contribution in [0.2, 0.25) is 0 Å². The van der Waals surface area contributed by atoms with Crippen molar-refractivity contribution < 1.29 is 4.92 Å². The summed E-state index contributed by atoms with van der Waals surface area (Å²) >= 11 is 0. The third-order valence-corrected chi connectivity index (χ3v) is 3.04. The van der Waals surface area contributed by atoms with Gasteiger partial charge in [-0.2, -0.15) is 0 Å². The third kappa shape index (κ3) is 1.95. The van der Waals surface area contributed by atoms with Gasteiger partial charge in [-0.15, -0.1) is 0 Å². The van der Waals surface area contributed by atoms with E-state index in [9.17, 15) is 10.1 Å². The van der Waals surface area contributed by atoms with Crippen molar-refractivity contribution in [1.82, 2.24) is 9.38 Å². The van der Waals surface area contributed by atoms with Gasteiger partial charge in [-0.05, 0) is 13.0 Å². The van der Waals surface area contributed by atoms with Crippen LogP contribution in [0.5, 0.6) is 0 Å². The molecule has 0 aliphatic heterocycles. The first kappa shape index (κ1) is 11.4. The van der Waals surface area contributed by atoms with Crippen LogP contribution in [-0.4, -0.2) is 14.3 Å². The molecule has 0 amide bonds. The van der Waals surface area contributed by atoms with E-state index in [1.165, 1.54) is 6.20 Å². The van der Waals surface area contributed by atoms with E-state index in [1.54, 1.807) is 23.6 Å². The Morgan fingerprint density at radius 1 is 1.21 bits per heavy atom. The average molecular weight is 253 g/mol. The smallest absolute Gasteiger partial charge is 0.288 e. The van der Waals surface area contributed by atoms with Crippen molar-refractivity contribution in [2.45, 2.75) is 6.92 Å². The molecule has 0 fully saturated rings. The Hall–Kier alpha value is -2.69. The van der Waals surface area contributed by atoms with Crippen molar-refractivity contribution in [1.29, 1.82) is 0 Å². The highest BCUT2D eigenvalue weighted by atomic mass is 16.6. The van der Waals surface area contributed by atoms with Crippen molar-refractivity contribution in [3.63, 3.8) is 0 Å². The number of aromatic nitrogens is 2. The summed E-state index contributed by atoms with van der Waals surface area (Å²) in [5.74, 6) is 0. The van der Waals surface area contributed by atoms with Gasteiger partial charge in [0.05, 0.1) is 16.8 Å². The molecule has 0 bridgehead atoms. The standard InChI is InChI=1S/C14H11N3O2/c1-10-7-14-15-12(11-5-3-2-4-6-11)8-16(14)9-13(10)17(18)19/h2-9H,1H3. The number of rotatable bonds is 2. The summed E-state index contributed by atoms with van der Waals surface area (Å²) in [6, 6.07) is 11.5. The molecule has 0 spiro atoms.